The van der Waals surface area contributed by atoms with Gasteiger partial charge in [0.2, 0.25) is 0 Å². The number of rotatable bonds is 5. The number of nitrogens with one attached hydrogen (secondary N) is 1. The maximum Gasteiger partial charge on any atom is 0.0341 e. The van der Waals surface area contributed by atoms with E-state index in [0.29, 0.717) is 12.1 Å². The molecule has 2 rings (SSSR count). The highest BCUT2D eigenvalue weighted by atomic mass is 32.2. The van der Waals surface area contributed by atoms with Crippen LogP contribution in [0.25, 0.3) is 0 Å². The van der Waals surface area contributed by atoms with Crippen molar-refractivity contribution in [2.45, 2.75) is 57.0 Å². The molecular formula is C16H25NS. The third-order valence-electron chi connectivity index (χ3n) is 4.18. The lowest BCUT2D eigenvalue weighted by Crippen LogP contribution is -2.37. The largest absolute Gasteiger partial charge is 0.307 e. The molecule has 1 aliphatic heterocycles. The number of thioether (sulfide) groups is 1. The second kappa shape index (κ2) is 6.63. The van der Waals surface area contributed by atoms with Crippen molar-refractivity contribution in [3.8, 4) is 0 Å². The summed E-state index contributed by atoms with van der Waals surface area (Å²) in [7, 11) is 0. The van der Waals surface area contributed by atoms with Gasteiger partial charge in [-0.25, -0.2) is 0 Å². The van der Waals surface area contributed by atoms with E-state index in [4.69, 9.17) is 0 Å². The first kappa shape index (κ1) is 14.0. The van der Waals surface area contributed by atoms with Gasteiger partial charge in [-0.15, -0.1) is 11.8 Å². The van der Waals surface area contributed by atoms with Gasteiger partial charge >= 0.3 is 0 Å². The summed E-state index contributed by atoms with van der Waals surface area (Å²) in [5.41, 5.74) is 1.51. The molecule has 1 aromatic carbocycles. The number of benzene rings is 1. The van der Waals surface area contributed by atoms with Gasteiger partial charge in [-0.05, 0) is 36.6 Å². The topological polar surface area (TPSA) is 12.0 Å². The summed E-state index contributed by atoms with van der Waals surface area (Å²) in [5, 5.41) is 3.86. The molecule has 2 heteroatoms. The first-order valence-electron chi connectivity index (χ1n) is 7.24. The fourth-order valence-electron chi connectivity index (χ4n) is 2.96. The Kier molecular flexibility index (Phi) is 5.13. The molecule has 0 radical (unpaired) electrons. The third kappa shape index (κ3) is 3.10. The van der Waals surface area contributed by atoms with Crippen molar-refractivity contribution < 1.29 is 0 Å². The SMILES string of the molecule is CCC(CC)C(C)NC1CCSc2ccccc21. The molecule has 1 nitrogen and oxygen atoms in total. The van der Waals surface area contributed by atoms with Crippen LogP contribution in [0.15, 0.2) is 29.2 Å². The number of fused-ring (bicyclic) bond motifs is 1. The summed E-state index contributed by atoms with van der Waals surface area (Å²) in [4.78, 5) is 1.47. The van der Waals surface area contributed by atoms with Gasteiger partial charge in [-0.3, -0.25) is 0 Å². The molecule has 2 unspecified atom stereocenters. The summed E-state index contributed by atoms with van der Waals surface area (Å²) in [6, 6.07) is 10.0. The zero-order valence-corrected chi connectivity index (χ0v) is 12.6. The van der Waals surface area contributed by atoms with Crippen LogP contribution in [0, 0.1) is 5.92 Å². The Hall–Kier alpha value is -0.470. The van der Waals surface area contributed by atoms with E-state index in [1.807, 2.05) is 11.8 Å². The van der Waals surface area contributed by atoms with Crippen LogP contribution in [-0.4, -0.2) is 11.8 Å². The molecule has 0 aliphatic carbocycles. The smallest absolute Gasteiger partial charge is 0.0341 e. The van der Waals surface area contributed by atoms with Crippen LogP contribution in [0.3, 0.4) is 0 Å². The van der Waals surface area contributed by atoms with Crippen LogP contribution in [-0.2, 0) is 0 Å². The average molecular weight is 263 g/mol. The maximum absolute atomic E-state index is 3.86. The molecule has 0 saturated heterocycles. The zero-order valence-electron chi connectivity index (χ0n) is 11.8. The normalized spacial score (nSPS) is 20.8. The number of hydrogen-bond donors (Lipinski definition) is 1. The third-order valence-corrected chi connectivity index (χ3v) is 5.30. The predicted octanol–water partition coefficient (Wildman–Crippen LogP) is 4.64. The van der Waals surface area contributed by atoms with E-state index in [9.17, 15) is 0 Å². The quantitative estimate of drug-likeness (QED) is 0.830. The van der Waals surface area contributed by atoms with E-state index in [1.54, 1.807) is 0 Å². The molecule has 18 heavy (non-hydrogen) atoms. The summed E-state index contributed by atoms with van der Waals surface area (Å²) in [6.45, 7) is 6.95. The Balaban J connectivity index is 2.07. The summed E-state index contributed by atoms with van der Waals surface area (Å²) < 4.78 is 0. The minimum absolute atomic E-state index is 0.554. The van der Waals surface area contributed by atoms with Crippen LogP contribution >= 0.6 is 11.8 Å². The standard InChI is InChI=1S/C16H25NS/c1-4-13(5-2)12(3)17-15-10-11-18-16-9-7-6-8-14(15)16/h6-9,12-13,15,17H,4-5,10-11H2,1-3H3. The summed E-state index contributed by atoms with van der Waals surface area (Å²) >= 11 is 2.00. The van der Waals surface area contributed by atoms with E-state index >= 15 is 0 Å². The molecule has 0 amide bonds. The van der Waals surface area contributed by atoms with E-state index < -0.39 is 0 Å². The molecule has 0 fully saturated rings. The van der Waals surface area contributed by atoms with Crippen molar-refractivity contribution in [1.29, 1.82) is 0 Å². The molecule has 0 spiro atoms. The fraction of sp³-hybridized carbons (Fsp3) is 0.625. The predicted molar refractivity (Wildman–Crippen MR) is 81.2 cm³/mol. The second-order valence-electron chi connectivity index (χ2n) is 5.26. The molecule has 1 heterocycles. The minimum atomic E-state index is 0.554. The summed E-state index contributed by atoms with van der Waals surface area (Å²) in [5.74, 6) is 2.04. The zero-order chi connectivity index (χ0) is 13.0. The van der Waals surface area contributed by atoms with Crippen LogP contribution in [0.4, 0.5) is 0 Å². The molecule has 1 aromatic rings. The van der Waals surface area contributed by atoms with E-state index in [-0.39, 0.29) is 0 Å². The maximum atomic E-state index is 3.86. The highest BCUT2D eigenvalue weighted by Gasteiger charge is 2.23. The lowest BCUT2D eigenvalue weighted by molar-refractivity contribution is 0.317. The van der Waals surface area contributed by atoms with Gasteiger partial charge < -0.3 is 5.32 Å². The molecule has 0 aromatic heterocycles. The van der Waals surface area contributed by atoms with Gasteiger partial charge in [0, 0.05) is 17.0 Å². The van der Waals surface area contributed by atoms with Crippen molar-refractivity contribution in [2.24, 2.45) is 5.92 Å². The van der Waals surface area contributed by atoms with Crippen LogP contribution < -0.4 is 5.32 Å². The molecule has 0 bridgehead atoms. The van der Waals surface area contributed by atoms with Gasteiger partial charge in [0.25, 0.3) is 0 Å². The van der Waals surface area contributed by atoms with Crippen LogP contribution in [0.2, 0.25) is 0 Å². The van der Waals surface area contributed by atoms with E-state index in [0.717, 1.165) is 5.92 Å². The highest BCUT2D eigenvalue weighted by Crippen LogP contribution is 2.36. The Morgan fingerprint density at radius 1 is 1.28 bits per heavy atom. The minimum Gasteiger partial charge on any atom is -0.307 e. The fourth-order valence-corrected chi connectivity index (χ4v) is 4.09. The molecule has 2 atom stereocenters. The van der Waals surface area contributed by atoms with Crippen molar-refractivity contribution in [1.82, 2.24) is 5.32 Å². The van der Waals surface area contributed by atoms with Gasteiger partial charge in [0.1, 0.15) is 0 Å². The van der Waals surface area contributed by atoms with Gasteiger partial charge in [0.05, 0.1) is 0 Å². The highest BCUT2D eigenvalue weighted by molar-refractivity contribution is 7.99. The van der Waals surface area contributed by atoms with Crippen molar-refractivity contribution in [3.63, 3.8) is 0 Å². The van der Waals surface area contributed by atoms with E-state index in [1.165, 1.54) is 35.5 Å². The van der Waals surface area contributed by atoms with Crippen molar-refractivity contribution >= 4 is 11.8 Å². The van der Waals surface area contributed by atoms with Crippen LogP contribution in [0.1, 0.15) is 51.6 Å². The van der Waals surface area contributed by atoms with Crippen molar-refractivity contribution in [2.75, 3.05) is 5.75 Å². The number of hydrogen-bond acceptors (Lipinski definition) is 2. The Labute approximate surface area is 116 Å². The molecule has 1 N–H and O–H groups in total. The first-order valence-corrected chi connectivity index (χ1v) is 8.22. The van der Waals surface area contributed by atoms with E-state index in [2.05, 4.69) is 50.4 Å². The van der Waals surface area contributed by atoms with Crippen LogP contribution in [0.5, 0.6) is 0 Å². The Morgan fingerprint density at radius 2 is 2.00 bits per heavy atom. The monoisotopic (exact) mass is 263 g/mol. The average Bonchev–Trinajstić information content (AvgIpc) is 2.40. The van der Waals surface area contributed by atoms with Gasteiger partial charge in [-0.2, -0.15) is 0 Å². The Bertz CT molecular complexity index is 373. The van der Waals surface area contributed by atoms with Crippen molar-refractivity contribution in [3.05, 3.63) is 29.8 Å². The molecular weight excluding hydrogens is 238 g/mol. The molecule has 100 valence electrons. The lowest BCUT2D eigenvalue weighted by Gasteiger charge is -2.32. The molecule has 0 saturated carbocycles. The first-order chi connectivity index (χ1) is 8.76. The van der Waals surface area contributed by atoms with Gasteiger partial charge in [0.15, 0.2) is 0 Å². The molecule has 1 aliphatic rings. The second-order valence-corrected chi connectivity index (χ2v) is 6.40. The van der Waals surface area contributed by atoms with Gasteiger partial charge in [-0.1, -0.05) is 44.9 Å². The lowest BCUT2D eigenvalue weighted by atomic mass is 9.93. The Morgan fingerprint density at radius 3 is 2.72 bits per heavy atom. The summed E-state index contributed by atoms with van der Waals surface area (Å²) in [6.07, 6.45) is 3.80.